The lowest BCUT2D eigenvalue weighted by Crippen LogP contribution is -2.46. The predicted octanol–water partition coefficient (Wildman–Crippen LogP) is 2.79. The van der Waals surface area contributed by atoms with Crippen LogP contribution in [0.15, 0.2) is 23.2 Å². The number of aliphatic imine (C=N–C) groups is 1. The number of thioether (sulfide) groups is 1. The molecule has 160 valence electrons. The van der Waals surface area contributed by atoms with Crippen molar-refractivity contribution in [2.24, 2.45) is 4.99 Å². The molecule has 1 heterocycles. The fourth-order valence-corrected chi connectivity index (χ4v) is 4.97. The Balaban J connectivity index is 0.00000392. The molecule has 1 aromatic rings. The van der Waals surface area contributed by atoms with Crippen molar-refractivity contribution in [1.82, 2.24) is 14.9 Å². The van der Waals surface area contributed by atoms with Crippen molar-refractivity contribution in [2.75, 3.05) is 32.1 Å². The maximum Gasteiger partial charge on any atom is 0.211 e. The third-order valence-corrected chi connectivity index (χ3v) is 6.41. The van der Waals surface area contributed by atoms with Crippen LogP contribution >= 0.6 is 35.7 Å². The van der Waals surface area contributed by atoms with Gasteiger partial charge in [-0.3, -0.25) is 0 Å². The molecule has 10 heteroatoms. The summed E-state index contributed by atoms with van der Waals surface area (Å²) < 4.78 is 38.8. The number of nitrogens with one attached hydrogen (secondary N) is 2. The second-order valence-electron chi connectivity index (χ2n) is 6.59. The van der Waals surface area contributed by atoms with Gasteiger partial charge in [-0.1, -0.05) is 6.07 Å². The minimum absolute atomic E-state index is 0. The van der Waals surface area contributed by atoms with Crippen LogP contribution in [0.2, 0.25) is 0 Å². The minimum atomic E-state index is -3.19. The molecule has 1 aromatic carbocycles. The zero-order chi connectivity index (χ0) is 19.9. The van der Waals surface area contributed by atoms with E-state index in [9.17, 15) is 12.8 Å². The van der Waals surface area contributed by atoms with Crippen LogP contribution in [0.4, 0.5) is 4.39 Å². The summed E-state index contributed by atoms with van der Waals surface area (Å²) in [5.74, 6) is 1.13. The van der Waals surface area contributed by atoms with Crippen LogP contribution in [0, 0.1) is 5.82 Å². The van der Waals surface area contributed by atoms with Crippen LogP contribution in [0.5, 0.6) is 0 Å². The van der Waals surface area contributed by atoms with Gasteiger partial charge in [-0.25, -0.2) is 17.8 Å². The number of hydrogen-bond acceptors (Lipinski definition) is 4. The monoisotopic (exact) mass is 544 g/mol. The van der Waals surface area contributed by atoms with Gasteiger partial charge < -0.3 is 10.6 Å². The highest BCUT2D eigenvalue weighted by Crippen LogP contribution is 2.20. The SMILES string of the molecule is CCNC(=NCc1ccc(F)cc1CSC)NC[C@H]1CCCN1S(C)(=O)=O.I. The molecule has 0 spiro atoms. The molecule has 1 atom stereocenters. The molecular formula is C18H30FIN4O2S2. The van der Waals surface area contributed by atoms with E-state index in [1.165, 1.54) is 12.3 Å². The van der Waals surface area contributed by atoms with Gasteiger partial charge in [0, 0.05) is 31.4 Å². The van der Waals surface area contributed by atoms with E-state index in [1.807, 2.05) is 13.2 Å². The minimum Gasteiger partial charge on any atom is -0.357 e. The Kier molecular flexibility index (Phi) is 11.1. The van der Waals surface area contributed by atoms with Gasteiger partial charge in [0.1, 0.15) is 5.82 Å². The molecule has 1 aliphatic heterocycles. The predicted molar refractivity (Wildman–Crippen MR) is 126 cm³/mol. The molecule has 28 heavy (non-hydrogen) atoms. The molecule has 0 amide bonds. The first-order valence-electron chi connectivity index (χ1n) is 9.10. The Morgan fingerprint density at radius 3 is 2.75 bits per heavy atom. The number of benzene rings is 1. The summed E-state index contributed by atoms with van der Waals surface area (Å²) in [6, 6.07) is 4.74. The van der Waals surface area contributed by atoms with Gasteiger partial charge in [0.2, 0.25) is 10.0 Å². The fourth-order valence-electron chi connectivity index (χ4n) is 3.21. The molecule has 0 saturated carbocycles. The Hall–Kier alpha value is -0.590. The lowest BCUT2D eigenvalue weighted by atomic mass is 10.1. The van der Waals surface area contributed by atoms with Crippen molar-refractivity contribution >= 4 is 51.7 Å². The van der Waals surface area contributed by atoms with Crippen LogP contribution < -0.4 is 10.6 Å². The van der Waals surface area contributed by atoms with Gasteiger partial charge in [0.25, 0.3) is 0 Å². The van der Waals surface area contributed by atoms with Crippen LogP contribution in [-0.4, -0.2) is 56.9 Å². The summed E-state index contributed by atoms with van der Waals surface area (Å²) in [6.45, 7) is 4.21. The molecule has 1 aliphatic rings. The molecule has 1 saturated heterocycles. The molecule has 0 bridgehead atoms. The lowest BCUT2D eigenvalue weighted by Gasteiger charge is -2.23. The topological polar surface area (TPSA) is 73.8 Å². The van der Waals surface area contributed by atoms with Crippen LogP contribution in [0.25, 0.3) is 0 Å². The summed E-state index contributed by atoms with van der Waals surface area (Å²) in [6.07, 6.45) is 4.96. The zero-order valence-electron chi connectivity index (χ0n) is 16.6. The summed E-state index contributed by atoms with van der Waals surface area (Å²) in [7, 11) is -3.19. The first-order chi connectivity index (χ1) is 12.8. The van der Waals surface area contributed by atoms with E-state index in [1.54, 1.807) is 28.2 Å². The molecule has 0 aromatic heterocycles. The normalized spacial score (nSPS) is 18.0. The smallest absolute Gasteiger partial charge is 0.211 e. The highest BCUT2D eigenvalue weighted by molar-refractivity contribution is 14.0. The van der Waals surface area contributed by atoms with Crippen LogP contribution in [0.3, 0.4) is 0 Å². The third-order valence-electron chi connectivity index (χ3n) is 4.47. The van der Waals surface area contributed by atoms with Crippen molar-refractivity contribution < 1.29 is 12.8 Å². The Morgan fingerprint density at radius 2 is 2.11 bits per heavy atom. The highest BCUT2D eigenvalue weighted by Gasteiger charge is 2.31. The van der Waals surface area contributed by atoms with E-state index in [0.29, 0.717) is 32.1 Å². The summed E-state index contributed by atoms with van der Waals surface area (Å²) in [4.78, 5) is 4.60. The standard InChI is InChI=1S/C18H29FN4O2S2.HI/c1-4-20-18(22-12-17-6-5-9-23(17)27(3,24)25)21-11-14-7-8-16(19)10-15(14)13-26-2;/h7-8,10,17H,4-6,9,11-13H2,1-3H3,(H2,20,21,22);1H/t17-;/m1./s1. The third kappa shape index (κ3) is 7.68. The van der Waals surface area contributed by atoms with Crippen molar-refractivity contribution in [2.45, 2.75) is 38.1 Å². The Bertz CT molecular complexity index is 762. The molecule has 2 rings (SSSR count). The fraction of sp³-hybridized carbons (Fsp3) is 0.611. The molecule has 2 N–H and O–H groups in total. The summed E-state index contributed by atoms with van der Waals surface area (Å²) in [5, 5.41) is 6.44. The number of hydrogen-bond donors (Lipinski definition) is 2. The highest BCUT2D eigenvalue weighted by atomic mass is 127. The van der Waals surface area contributed by atoms with Gasteiger partial charge in [-0.05, 0) is 49.3 Å². The molecular weight excluding hydrogens is 514 g/mol. The summed E-state index contributed by atoms with van der Waals surface area (Å²) in [5.41, 5.74) is 1.93. The van der Waals surface area contributed by atoms with Gasteiger partial charge in [0.05, 0.1) is 12.8 Å². The molecule has 1 fully saturated rings. The number of nitrogens with zero attached hydrogens (tertiary/aromatic N) is 2. The van der Waals surface area contributed by atoms with E-state index in [4.69, 9.17) is 0 Å². The largest absolute Gasteiger partial charge is 0.357 e. The lowest BCUT2D eigenvalue weighted by molar-refractivity contribution is 0.387. The average Bonchev–Trinajstić information content (AvgIpc) is 3.08. The average molecular weight is 545 g/mol. The van der Waals surface area contributed by atoms with Crippen LogP contribution in [-0.2, 0) is 22.3 Å². The van der Waals surface area contributed by atoms with Gasteiger partial charge in [-0.15, -0.1) is 24.0 Å². The first kappa shape index (κ1) is 25.4. The quantitative estimate of drug-likeness (QED) is 0.299. The molecule has 6 nitrogen and oxygen atoms in total. The van der Waals surface area contributed by atoms with Gasteiger partial charge in [0.15, 0.2) is 5.96 Å². The van der Waals surface area contributed by atoms with Gasteiger partial charge >= 0.3 is 0 Å². The van der Waals surface area contributed by atoms with Crippen molar-refractivity contribution in [3.05, 3.63) is 35.1 Å². The van der Waals surface area contributed by atoms with Crippen molar-refractivity contribution in [3.63, 3.8) is 0 Å². The van der Waals surface area contributed by atoms with Crippen molar-refractivity contribution in [1.29, 1.82) is 0 Å². The van der Waals surface area contributed by atoms with Crippen LogP contribution in [0.1, 0.15) is 30.9 Å². The van der Waals surface area contributed by atoms with Gasteiger partial charge in [-0.2, -0.15) is 16.1 Å². The number of sulfonamides is 1. The molecule has 0 unspecified atom stereocenters. The number of rotatable bonds is 8. The second-order valence-corrected chi connectivity index (χ2v) is 9.39. The van der Waals surface area contributed by atoms with E-state index < -0.39 is 10.0 Å². The number of guanidine groups is 1. The molecule has 0 aliphatic carbocycles. The Morgan fingerprint density at radius 1 is 1.36 bits per heavy atom. The second kappa shape index (κ2) is 12.2. The zero-order valence-corrected chi connectivity index (χ0v) is 20.5. The maximum atomic E-state index is 13.5. The first-order valence-corrected chi connectivity index (χ1v) is 12.3. The molecule has 0 radical (unpaired) electrons. The van der Waals surface area contributed by atoms with E-state index >= 15 is 0 Å². The summed E-state index contributed by atoms with van der Waals surface area (Å²) >= 11 is 1.64. The van der Waals surface area contributed by atoms with Crippen molar-refractivity contribution in [3.8, 4) is 0 Å². The Labute approximate surface area is 189 Å². The maximum absolute atomic E-state index is 13.5. The van der Waals surface area contributed by atoms with E-state index in [0.717, 1.165) is 29.7 Å². The number of halogens is 2. The van der Waals surface area contributed by atoms with E-state index in [2.05, 4.69) is 15.6 Å². The van der Waals surface area contributed by atoms with E-state index in [-0.39, 0.29) is 35.8 Å².